The van der Waals surface area contributed by atoms with Crippen LogP contribution in [0.4, 0.5) is 11.6 Å². The zero-order valence-electron chi connectivity index (χ0n) is 13.0. The minimum Gasteiger partial charge on any atom is -0.383 e. The minimum absolute atomic E-state index is 0.0204. The summed E-state index contributed by atoms with van der Waals surface area (Å²) in [4.78, 5) is 20.3. The molecule has 1 rings (SSSR count). The van der Waals surface area contributed by atoms with E-state index < -0.39 is 0 Å². The largest absolute Gasteiger partial charge is 0.383 e. The molecule has 0 aliphatic rings. The van der Waals surface area contributed by atoms with Gasteiger partial charge in [-0.25, -0.2) is 9.97 Å². The molecule has 7 heteroatoms. The second kappa shape index (κ2) is 9.12. The Morgan fingerprint density at radius 2 is 2.10 bits per heavy atom. The average Bonchev–Trinajstić information content (AvgIpc) is 2.44. The molecule has 0 bridgehead atoms. The first-order chi connectivity index (χ1) is 10.1. The van der Waals surface area contributed by atoms with E-state index in [1.807, 2.05) is 6.92 Å². The van der Waals surface area contributed by atoms with Gasteiger partial charge in [-0.2, -0.15) is 0 Å². The van der Waals surface area contributed by atoms with Crippen molar-refractivity contribution in [2.45, 2.75) is 33.1 Å². The number of nitrogen functional groups attached to an aromatic ring is 1. The average molecular weight is 295 g/mol. The van der Waals surface area contributed by atoms with Crippen molar-refractivity contribution in [3.63, 3.8) is 0 Å². The fraction of sp³-hybridized carbons (Fsp3) is 0.643. The van der Waals surface area contributed by atoms with Gasteiger partial charge in [0.2, 0.25) is 5.91 Å². The van der Waals surface area contributed by atoms with Crippen molar-refractivity contribution in [1.29, 1.82) is 0 Å². The summed E-state index contributed by atoms with van der Waals surface area (Å²) in [5.41, 5.74) is 6.69. The Kier molecular flexibility index (Phi) is 7.45. The van der Waals surface area contributed by atoms with E-state index in [1.165, 1.54) is 0 Å². The quantitative estimate of drug-likeness (QED) is 0.585. The lowest BCUT2D eigenvalue weighted by molar-refractivity contribution is -0.121. The molecule has 21 heavy (non-hydrogen) atoms. The van der Waals surface area contributed by atoms with Gasteiger partial charge in [0.05, 0.1) is 6.61 Å². The van der Waals surface area contributed by atoms with Crippen molar-refractivity contribution < 1.29 is 9.53 Å². The summed E-state index contributed by atoms with van der Waals surface area (Å²) >= 11 is 0. The number of ether oxygens (including phenoxy) is 1. The van der Waals surface area contributed by atoms with Crippen LogP contribution < -0.4 is 16.4 Å². The second-order valence-corrected chi connectivity index (χ2v) is 4.77. The third-order valence-corrected chi connectivity index (χ3v) is 2.98. The number of methoxy groups -OCH3 is 1. The fourth-order valence-corrected chi connectivity index (χ4v) is 1.76. The van der Waals surface area contributed by atoms with Gasteiger partial charge in [-0.1, -0.05) is 6.92 Å². The molecular formula is C14H25N5O2. The van der Waals surface area contributed by atoms with Gasteiger partial charge in [0, 0.05) is 38.6 Å². The maximum atomic E-state index is 11.6. The molecule has 118 valence electrons. The van der Waals surface area contributed by atoms with Crippen LogP contribution in [0.1, 0.15) is 31.2 Å². The van der Waals surface area contributed by atoms with Gasteiger partial charge in [0.1, 0.15) is 17.5 Å². The maximum Gasteiger partial charge on any atom is 0.221 e. The Morgan fingerprint density at radius 1 is 1.33 bits per heavy atom. The molecule has 0 saturated heterocycles. The second-order valence-electron chi connectivity index (χ2n) is 4.77. The van der Waals surface area contributed by atoms with Crippen LogP contribution in [0.15, 0.2) is 0 Å². The Hall–Kier alpha value is -1.89. The predicted molar refractivity (Wildman–Crippen MR) is 83.2 cm³/mol. The summed E-state index contributed by atoms with van der Waals surface area (Å²) < 4.78 is 4.87. The SMILES string of the molecule is CCCc1nc(N)c(C)c(NCCC(=O)NCCOC)n1. The molecule has 0 fully saturated rings. The van der Waals surface area contributed by atoms with Crippen LogP contribution in [-0.4, -0.2) is 42.7 Å². The summed E-state index contributed by atoms with van der Waals surface area (Å²) in [5, 5.41) is 5.92. The van der Waals surface area contributed by atoms with E-state index in [0.29, 0.717) is 37.8 Å². The molecule has 4 N–H and O–H groups in total. The number of aromatic nitrogens is 2. The number of amides is 1. The van der Waals surface area contributed by atoms with Gasteiger partial charge in [-0.15, -0.1) is 0 Å². The third kappa shape index (κ3) is 5.95. The number of aryl methyl sites for hydroxylation is 1. The van der Waals surface area contributed by atoms with Gasteiger partial charge < -0.3 is 21.1 Å². The van der Waals surface area contributed by atoms with E-state index in [9.17, 15) is 4.79 Å². The molecule has 1 amide bonds. The molecular weight excluding hydrogens is 270 g/mol. The molecule has 1 aromatic rings. The van der Waals surface area contributed by atoms with Gasteiger partial charge in [-0.05, 0) is 13.3 Å². The van der Waals surface area contributed by atoms with Crippen molar-refractivity contribution in [3.8, 4) is 0 Å². The Balaban J connectivity index is 2.49. The van der Waals surface area contributed by atoms with Crippen molar-refractivity contribution in [2.24, 2.45) is 0 Å². The molecule has 0 aromatic carbocycles. The van der Waals surface area contributed by atoms with E-state index in [-0.39, 0.29) is 5.91 Å². The number of nitrogens with one attached hydrogen (secondary N) is 2. The number of hydrogen-bond donors (Lipinski definition) is 3. The van der Waals surface area contributed by atoms with Gasteiger partial charge in [0.15, 0.2) is 0 Å². The van der Waals surface area contributed by atoms with Crippen molar-refractivity contribution in [2.75, 3.05) is 37.9 Å². The topological polar surface area (TPSA) is 102 Å². The van der Waals surface area contributed by atoms with E-state index in [1.54, 1.807) is 7.11 Å². The number of nitrogens with two attached hydrogens (primary N) is 1. The molecule has 0 radical (unpaired) electrons. The highest BCUT2D eigenvalue weighted by atomic mass is 16.5. The highest BCUT2D eigenvalue weighted by Gasteiger charge is 2.08. The lowest BCUT2D eigenvalue weighted by Gasteiger charge is -2.12. The molecule has 0 aliphatic carbocycles. The molecule has 0 atom stereocenters. The van der Waals surface area contributed by atoms with Crippen LogP contribution in [0.3, 0.4) is 0 Å². The first kappa shape index (κ1) is 17.2. The van der Waals surface area contributed by atoms with Crippen LogP contribution in [0, 0.1) is 6.92 Å². The zero-order valence-corrected chi connectivity index (χ0v) is 13.0. The fourth-order valence-electron chi connectivity index (χ4n) is 1.76. The first-order valence-electron chi connectivity index (χ1n) is 7.21. The molecule has 1 aromatic heterocycles. The van der Waals surface area contributed by atoms with E-state index >= 15 is 0 Å². The Bertz CT molecular complexity index is 465. The highest BCUT2D eigenvalue weighted by molar-refractivity contribution is 5.76. The molecule has 7 nitrogen and oxygen atoms in total. The summed E-state index contributed by atoms with van der Waals surface area (Å²) in [6.45, 7) is 5.47. The summed E-state index contributed by atoms with van der Waals surface area (Å²) in [7, 11) is 1.60. The van der Waals surface area contributed by atoms with Gasteiger partial charge >= 0.3 is 0 Å². The molecule has 0 unspecified atom stereocenters. The Morgan fingerprint density at radius 3 is 2.76 bits per heavy atom. The minimum atomic E-state index is -0.0204. The van der Waals surface area contributed by atoms with Crippen LogP contribution in [0.5, 0.6) is 0 Å². The summed E-state index contributed by atoms with van der Waals surface area (Å²) in [6, 6.07) is 0. The van der Waals surface area contributed by atoms with Crippen molar-refractivity contribution in [3.05, 3.63) is 11.4 Å². The number of hydrogen-bond acceptors (Lipinski definition) is 6. The maximum absolute atomic E-state index is 11.6. The molecule has 0 spiro atoms. The first-order valence-corrected chi connectivity index (χ1v) is 7.21. The summed E-state index contributed by atoms with van der Waals surface area (Å²) in [5.74, 6) is 1.90. The summed E-state index contributed by atoms with van der Waals surface area (Å²) in [6.07, 6.45) is 2.12. The number of rotatable bonds is 9. The third-order valence-electron chi connectivity index (χ3n) is 2.98. The molecule has 1 heterocycles. The standard InChI is InChI=1S/C14H25N5O2/c1-4-5-11-18-13(15)10(2)14(19-11)17-7-6-12(20)16-8-9-21-3/h4-9H2,1-3H3,(H,16,20)(H3,15,17,18,19). The number of carbonyl (C=O) groups is 1. The lowest BCUT2D eigenvalue weighted by Crippen LogP contribution is -2.28. The normalized spacial score (nSPS) is 10.4. The van der Waals surface area contributed by atoms with Gasteiger partial charge in [0.25, 0.3) is 0 Å². The monoisotopic (exact) mass is 295 g/mol. The van der Waals surface area contributed by atoms with Crippen molar-refractivity contribution >= 4 is 17.5 Å². The zero-order chi connectivity index (χ0) is 15.7. The number of nitrogens with zero attached hydrogens (tertiary/aromatic N) is 2. The van der Waals surface area contributed by atoms with Crippen LogP contribution in [-0.2, 0) is 16.0 Å². The smallest absolute Gasteiger partial charge is 0.221 e. The van der Waals surface area contributed by atoms with E-state index in [2.05, 4.69) is 27.5 Å². The van der Waals surface area contributed by atoms with E-state index in [0.717, 1.165) is 24.2 Å². The number of anilines is 2. The lowest BCUT2D eigenvalue weighted by atomic mass is 10.2. The van der Waals surface area contributed by atoms with E-state index in [4.69, 9.17) is 10.5 Å². The van der Waals surface area contributed by atoms with Crippen LogP contribution in [0.25, 0.3) is 0 Å². The van der Waals surface area contributed by atoms with Crippen molar-refractivity contribution in [1.82, 2.24) is 15.3 Å². The molecule has 0 saturated carbocycles. The molecule has 0 aliphatic heterocycles. The number of carbonyl (C=O) groups excluding carboxylic acids is 1. The predicted octanol–water partition coefficient (Wildman–Crippen LogP) is 0.884. The Labute approximate surface area is 125 Å². The van der Waals surface area contributed by atoms with Gasteiger partial charge in [-0.3, -0.25) is 4.79 Å². The van der Waals surface area contributed by atoms with Crippen LogP contribution >= 0.6 is 0 Å². The van der Waals surface area contributed by atoms with Crippen LogP contribution in [0.2, 0.25) is 0 Å². The highest BCUT2D eigenvalue weighted by Crippen LogP contribution is 2.17.